The Morgan fingerprint density at radius 2 is 1.73 bits per heavy atom. The number of piperidine rings is 1. The summed E-state index contributed by atoms with van der Waals surface area (Å²) in [6.07, 6.45) is 4.45. The van der Waals surface area contributed by atoms with E-state index in [0.717, 1.165) is 55.2 Å². The van der Waals surface area contributed by atoms with Crippen LogP contribution >= 0.6 is 23.2 Å². The van der Waals surface area contributed by atoms with Crippen molar-refractivity contribution in [3.05, 3.63) is 87.4 Å². The molecule has 0 bridgehead atoms. The van der Waals surface area contributed by atoms with E-state index in [4.69, 9.17) is 32.7 Å². The van der Waals surface area contributed by atoms with Crippen LogP contribution in [0.15, 0.2) is 60.7 Å². The predicted molar refractivity (Wildman–Crippen MR) is 165 cm³/mol. The number of rotatable bonds is 11. The first-order valence-corrected chi connectivity index (χ1v) is 14.8. The highest BCUT2D eigenvalue weighted by molar-refractivity contribution is 6.42. The van der Waals surface area contributed by atoms with Crippen molar-refractivity contribution >= 4 is 34.8 Å². The third-order valence-electron chi connectivity index (χ3n) is 8.12. The summed E-state index contributed by atoms with van der Waals surface area (Å²) in [5, 5.41) is 1.06. The summed E-state index contributed by atoms with van der Waals surface area (Å²) in [5.41, 5.74) is 4.18. The molecule has 0 N–H and O–H groups in total. The fourth-order valence-electron chi connectivity index (χ4n) is 5.71. The SMILES string of the molecule is COc1cc(OC)c(C)c(N(CC(CCN2CCC(Cc3ccccc3)CC2)c2ccc(Cl)c(Cl)c2)C(C)=O)c1. The Balaban J connectivity index is 1.51. The highest BCUT2D eigenvalue weighted by atomic mass is 35.5. The summed E-state index contributed by atoms with van der Waals surface area (Å²) < 4.78 is 11.1. The van der Waals surface area contributed by atoms with Crippen LogP contribution in [0.4, 0.5) is 5.69 Å². The van der Waals surface area contributed by atoms with Crippen LogP contribution in [0, 0.1) is 12.8 Å². The summed E-state index contributed by atoms with van der Waals surface area (Å²) in [6, 6.07) is 20.4. The van der Waals surface area contributed by atoms with E-state index in [0.29, 0.717) is 28.1 Å². The van der Waals surface area contributed by atoms with Crippen molar-refractivity contribution in [3.63, 3.8) is 0 Å². The molecule has 0 spiro atoms. The number of halogens is 2. The van der Waals surface area contributed by atoms with Crippen LogP contribution in [0.5, 0.6) is 11.5 Å². The van der Waals surface area contributed by atoms with Crippen LogP contribution in [0.3, 0.4) is 0 Å². The first-order chi connectivity index (χ1) is 19.3. The normalized spacial score (nSPS) is 15.1. The van der Waals surface area contributed by atoms with Crippen molar-refractivity contribution in [1.29, 1.82) is 0 Å². The molecule has 0 saturated carbocycles. The lowest BCUT2D eigenvalue weighted by Crippen LogP contribution is -2.38. The Morgan fingerprint density at radius 1 is 1.00 bits per heavy atom. The van der Waals surface area contributed by atoms with E-state index < -0.39 is 0 Å². The van der Waals surface area contributed by atoms with Crippen LogP contribution in [-0.4, -0.2) is 51.2 Å². The highest BCUT2D eigenvalue weighted by Gasteiger charge is 2.26. The molecule has 3 aromatic carbocycles. The number of carbonyl (C=O) groups excluding carboxylic acids is 1. The number of nitrogens with zero attached hydrogens (tertiary/aromatic N) is 2. The molecule has 214 valence electrons. The fourth-order valence-corrected chi connectivity index (χ4v) is 6.01. The van der Waals surface area contributed by atoms with Crippen LogP contribution < -0.4 is 14.4 Å². The topological polar surface area (TPSA) is 42.0 Å². The van der Waals surface area contributed by atoms with Gasteiger partial charge in [0.25, 0.3) is 0 Å². The first-order valence-electron chi connectivity index (χ1n) is 14.0. The number of carbonyl (C=O) groups is 1. The predicted octanol–water partition coefficient (Wildman–Crippen LogP) is 7.80. The Labute approximate surface area is 249 Å². The van der Waals surface area contributed by atoms with Crippen LogP contribution in [0.25, 0.3) is 0 Å². The molecule has 0 aromatic heterocycles. The second-order valence-corrected chi connectivity index (χ2v) is 11.6. The monoisotopic (exact) mass is 582 g/mol. The first kappa shape index (κ1) is 30.2. The van der Waals surface area contributed by atoms with Gasteiger partial charge in [0.1, 0.15) is 11.5 Å². The van der Waals surface area contributed by atoms with Crippen molar-refractivity contribution in [2.45, 2.75) is 45.4 Å². The van der Waals surface area contributed by atoms with Gasteiger partial charge in [-0.3, -0.25) is 4.79 Å². The van der Waals surface area contributed by atoms with Gasteiger partial charge < -0.3 is 19.3 Å². The maximum absolute atomic E-state index is 13.1. The molecule has 1 aliphatic rings. The average Bonchev–Trinajstić information content (AvgIpc) is 2.96. The molecule has 1 atom stereocenters. The lowest BCUT2D eigenvalue weighted by atomic mass is 9.89. The van der Waals surface area contributed by atoms with Crippen molar-refractivity contribution < 1.29 is 14.3 Å². The summed E-state index contributed by atoms with van der Waals surface area (Å²) >= 11 is 12.7. The lowest BCUT2D eigenvalue weighted by Gasteiger charge is -2.34. The second kappa shape index (κ2) is 14.2. The Kier molecular flexibility index (Phi) is 10.8. The second-order valence-electron chi connectivity index (χ2n) is 10.7. The van der Waals surface area contributed by atoms with Crippen LogP contribution in [-0.2, 0) is 11.2 Å². The van der Waals surface area contributed by atoms with Gasteiger partial charge in [-0.15, -0.1) is 0 Å². The van der Waals surface area contributed by atoms with Gasteiger partial charge in [-0.25, -0.2) is 0 Å². The molecule has 4 rings (SSSR count). The lowest BCUT2D eigenvalue weighted by molar-refractivity contribution is -0.116. The van der Waals surface area contributed by atoms with Gasteiger partial charge in [0, 0.05) is 37.1 Å². The molecule has 1 aliphatic heterocycles. The summed E-state index contributed by atoms with van der Waals surface area (Å²) in [7, 11) is 3.25. The highest BCUT2D eigenvalue weighted by Crippen LogP contribution is 2.37. The van der Waals surface area contributed by atoms with Crippen molar-refractivity contribution in [2.24, 2.45) is 5.92 Å². The van der Waals surface area contributed by atoms with Crippen molar-refractivity contribution in [1.82, 2.24) is 4.90 Å². The average molecular weight is 584 g/mol. The number of hydrogen-bond acceptors (Lipinski definition) is 4. The van der Waals surface area contributed by atoms with Crippen molar-refractivity contribution in [3.8, 4) is 11.5 Å². The number of benzene rings is 3. The van der Waals surface area contributed by atoms with E-state index in [1.54, 1.807) is 21.1 Å². The molecule has 0 radical (unpaired) electrons. The standard InChI is InChI=1S/C33H40Cl2N2O3/c1-23-32(20-29(39-3)21-33(23)40-4)37(24(2)38)22-28(27-10-11-30(34)31(35)19-27)14-17-36-15-12-26(13-16-36)18-25-8-6-5-7-9-25/h5-11,19-21,26,28H,12-18,22H2,1-4H3. The zero-order valence-electron chi connectivity index (χ0n) is 24.0. The summed E-state index contributed by atoms with van der Waals surface area (Å²) in [6.45, 7) is 7.22. The molecule has 1 amide bonds. The van der Waals surface area contributed by atoms with E-state index in [1.165, 1.54) is 18.4 Å². The number of amides is 1. The van der Waals surface area contributed by atoms with Crippen LogP contribution in [0.2, 0.25) is 10.0 Å². The molecule has 1 unspecified atom stereocenters. The third kappa shape index (κ3) is 7.72. The molecule has 0 aliphatic carbocycles. The van der Waals surface area contributed by atoms with Gasteiger partial charge in [-0.2, -0.15) is 0 Å². The Bertz CT molecular complexity index is 1280. The minimum atomic E-state index is -0.0369. The quantitative estimate of drug-likeness (QED) is 0.231. The smallest absolute Gasteiger partial charge is 0.223 e. The summed E-state index contributed by atoms with van der Waals surface area (Å²) in [5.74, 6) is 2.09. The minimum Gasteiger partial charge on any atom is -0.497 e. The van der Waals surface area contributed by atoms with Crippen molar-refractivity contribution in [2.75, 3.05) is 45.3 Å². The zero-order chi connectivity index (χ0) is 28.6. The van der Waals surface area contributed by atoms with Gasteiger partial charge in [0.15, 0.2) is 0 Å². The van der Waals surface area contributed by atoms with Gasteiger partial charge in [-0.05, 0) is 81.4 Å². The maximum atomic E-state index is 13.1. The van der Waals surface area contributed by atoms with Gasteiger partial charge in [0.2, 0.25) is 5.91 Å². The number of ether oxygens (including phenoxy) is 2. The van der Waals surface area contributed by atoms with E-state index in [-0.39, 0.29) is 11.8 Å². The molecule has 40 heavy (non-hydrogen) atoms. The van der Waals surface area contributed by atoms with E-state index in [9.17, 15) is 4.79 Å². The van der Waals surface area contributed by atoms with E-state index in [1.807, 2.05) is 42.2 Å². The summed E-state index contributed by atoms with van der Waals surface area (Å²) in [4.78, 5) is 17.5. The number of anilines is 1. The molecular formula is C33H40Cl2N2O3. The molecule has 1 fully saturated rings. The number of hydrogen-bond donors (Lipinski definition) is 0. The van der Waals surface area contributed by atoms with Gasteiger partial charge >= 0.3 is 0 Å². The minimum absolute atomic E-state index is 0.0369. The molecular weight excluding hydrogens is 543 g/mol. The number of likely N-dealkylation sites (tertiary alicyclic amines) is 1. The zero-order valence-corrected chi connectivity index (χ0v) is 25.5. The molecule has 1 heterocycles. The van der Waals surface area contributed by atoms with Crippen LogP contribution in [0.1, 0.15) is 48.8 Å². The Hall–Kier alpha value is -2.73. The Morgan fingerprint density at radius 3 is 2.35 bits per heavy atom. The van der Waals surface area contributed by atoms with Gasteiger partial charge in [0.05, 0.1) is 30.0 Å². The third-order valence-corrected chi connectivity index (χ3v) is 8.86. The fraction of sp³-hybridized carbons (Fsp3) is 0.424. The van der Waals surface area contributed by atoms with Gasteiger partial charge in [-0.1, -0.05) is 59.6 Å². The molecule has 7 heteroatoms. The maximum Gasteiger partial charge on any atom is 0.223 e. The van der Waals surface area contributed by atoms with E-state index in [2.05, 4.69) is 35.2 Å². The largest absolute Gasteiger partial charge is 0.497 e. The number of methoxy groups -OCH3 is 2. The van der Waals surface area contributed by atoms with E-state index >= 15 is 0 Å². The molecule has 3 aromatic rings. The molecule has 1 saturated heterocycles. The molecule has 5 nitrogen and oxygen atoms in total.